The average molecular weight is 350 g/mol. The number of nitrogens with zero attached hydrogens (tertiary/aromatic N) is 1. The van der Waals surface area contributed by atoms with Gasteiger partial charge in [-0.1, -0.05) is 13.0 Å². The van der Waals surface area contributed by atoms with Gasteiger partial charge in [-0.15, -0.1) is 0 Å². The first-order chi connectivity index (χ1) is 12.0. The standard InChI is InChI=1S/C18H27FN4O2/c1-13(10-20-2)17(24)23-8-4-5-14(12-23)11-21-18(25)22-16-7-3-6-15(19)9-16/h3,6-7,9,13-14,20H,4-5,8,10-12H2,1-2H3,(H2,21,22,25). The number of benzene rings is 1. The molecule has 1 aromatic rings. The van der Waals surface area contributed by atoms with Crippen molar-refractivity contribution in [3.63, 3.8) is 0 Å². The number of carbonyl (C=O) groups excluding carboxylic acids is 2. The van der Waals surface area contributed by atoms with Gasteiger partial charge in [0.25, 0.3) is 0 Å². The van der Waals surface area contributed by atoms with Gasteiger partial charge in [0.15, 0.2) is 0 Å². The van der Waals surface area contributed by atoms with Gasteiger partial charge in [0.2, 0.25) is 5.91 Å². The van der Waals surface area contributed by atoms with Crippen LogP contribution in [0.3, 0.4) is 0 Å². The summed E-state index contributed by atoms with van der Waals surface area (Å²) in [6.45, 7) is 4.51. The number of rotatable bonds is 6. The van der Waals surface area contributed by atoms with Crippen LogP contribution in [0.2, 0.25) is 0 Å². The second kappa shape index (κ2) is 9.36. The summed E-state index contributed by atoms with van der Waals surface area (Å²) in [5, 5.41) is 8.45. The molecular weight excluding hydrogens is 323 g/mol. The van der Waals surface area contributed by atoms with E-state index in [2.05, 4.69) is 16.0 Å². The van der Waals surface area contributed by atoms with Gasteiger partial charge >= 0.3 is 6.03 Å². The molecule has 2 unspecified atom stereocenters. The second-order valence-electron chi connectivity index (χ2n) is 6.60. The molecule has 0 radical (unpaired) electrons. The lowest BCUT2D eigenvalue weighted by Gasteiger charge is -2.34. The lowest BCUT2D eigenvalue weighted by molar-refractivity contribution is -0.136. The SMILES string of the molecule is CNCC(C)C(=O)N1CCCC(CNC(=O)Nc2cccc(F)c2)C1. The predicted octanol–water partition coefficient (Wildman–Crippen LogP) is 2.04. The highest BCUT2D eigenvalue weighted by molar-refractivity contribution is 5.89. The van der Waals surface area contributed by atoms with E-state index < -0.39 is 5.82 Å². The van der Waals surface area contributed by atoms with Gasteiger partial charge in [-0.25, -0.2) is 9.18 Å². The van der Waals surface area contributed by atoms with Crippen molar-refractivity contribution in [2.24, 2.45) is 11.8 Å². The van der Waals surface area contributed by atoms with E-state index in [4.69, 9.17) is 0 Å². The fraction of sp³-hybridized carbons (Fsp3) is 0.556. The number of hydrogen-bond acceptors (Lipinski definition) is 3. The number of likely N-dealkylation sites (tertiary alicyclic amines) is 1. The van der Waals surface area contributed by atoms with Crippen molar-refractivity contribution in [3.8, 4) is 0 Å². The number of nitrogens with one attached hydrogen (secondary N) is 3. The van der Waals surface area contributed by atoms with Crippen molar-refractivity contribution in [1.29, 1.82) is 0 Å². The molecular formula is C18H27FN4O2. The van der Waals surface area contributed by atoms with Crippen LogP contribution < -0.4 is 16.0 Å². The van der Waals surface area contributed by atoms with E-state index in [1.54, 1.807) is 12.1 Å². The van der Waals surface area contributed by atoms with Crippen molar-refractivity contribution in [1.82, 2.24) is 15.5 Å². The summed E-state index contributed by atoms with van der Waals surface area (Å²) >= 11 is 0. The van der Waals surface area contributed by atoms with Crippen LogP contribution in [-0.4, -0.2) is 50.1 Å². The number of halogens is 1. The van der Waals surface area contributed by atoms with Crippen LogP contribution in [0.5, 0.6) is 0 Å². The van der Waals surface area contributed by atoms with Crippen molar-refractivity contribution >= 4 is 17.6 Å². The van der Waals surface area contributed by atoms with Crippen LogP contribution in [0, 0.1) is 17.7 Å². The summed E-state index contributed by atoms with van der Waals surface area (Å²) in [5.41, 5.74) is 0.416. The minimum Gasteiger partial charge on any atom is -0.342 e. The fourth-order valence-electron chi connectivity index (χ4n) is 3.12. The van der Waals surface area contributed by atoms with Crippen LogP contribution in [-0.2, 0) is 4.79 Å². The van der Waals surface area contributed by atoms with Crippen LogP contribution in [0.4, 0.5) is 14.9 Å². The summed E-state index contributed by atoms with van der Waals surface area (Å²) in [7, 11) is 1.84. The maximum absolute atomic E-state index is 13.1. The lowest BCUT2D eigenvalue weighted by atomic mass is 9.96. The highest BCUT2D eigenvalue weighted by Crippen LogP contribution is 2.18. The number of carbonyl (C=O) groups is 2. The number of piperidine rings is 1. The smallest absolute Gasteiger partial charge is 0.319 e. The number of anilines is 1. The van der Waals surface area contributed by atoms with E-state index in [0.717, 1.165) is 19.4 Å². The molecule has 138 valence electrons. The summed E-state index contributed by atoms with van der Waals surface area (Å²) in [4.78, 5) is 26.2. The highest BCUT2D eigenvalue weighted by Gasteiger charge is 2.26. The van der Waals surface area contributed by atoms with Crippen molar-refractivity contribution in [3.05, 3.63) is 30.1 Å². The molecule has 6 nitrogen and oxygen atoms in total. The summed E-state index contributed by atoms with van der Waals surface area (Å²) < 4.78 is 13.1. The zero-order valence-corrected chi connectivity index (χ0v) is 14.8. The molecule has 7 heteroatoms. The first-order valence-corrected chi connectivity index (χ1v) is 8.73. The molecule has 1 aliphatic rings. The predicted molar refractivity (Wildman–Crippen MR) is 95.8 cm³/mol. The first-order valence-electron chi connectivity index (χ1n) is 8.73. The van der Waals surface area contributed by atoms with E-state index in [1.165, 1.54) is 12.1 Å². The molecule has 0 saturated carbocycles. The Morgan fingerprint density at radius 2 is 2.20 bits per heavy atom. The fourth-order valence-corrected chi connectivity index (χ4v) is 3.12. The Morgan fingerprint density at radius 1 is 1.40 bits per heavy atom. The largest absolute Gasteiger partial charge is 0.342 e. The minimum absolute atomic E-state index is 0.0482. The van der Waals surface area contributed by atoms with Gasteiger partial charge in [-0.2, -0.15) is 0 Å². The van der Waals surface area contributed by atoms with Gasteiger partial charge in [-0.05, 0) is 44.0 Å². The monoisotopic (exact) mass is 350 g/mol. The van der Waals surface area contributed by atoms with Crippen LogP contribution >= 0.6 is 0 Å². The van der Waals surface area contributed by atoms with Crippen LogP contribution in [0.25, 0.3) is 0 Å². The molecule has 0 aromatic heterocycles. The Balaban J connectivity index is 1.78. The van der Waals surface area contributed by atoms with E-state index in [1.807, 2.05) is 18.9 Å². The molecule has 3 N–H and O–H groups in total. The van der Waals surface area contributed by atoms with Crippen molar-refractivity contribution in [2.45, 2.75) is 19.8 Å². The topological polar surface area (TPSA) is 73.5 Å². The van der Waals surface area contributed by atoms with E-state index in [9.17, 15) is 14.0 Å². The van der Waals surface area contributed by atoms with Gasteiger partial charge < -0.3 is 20.9 Å². The van der Waals surface area contributed by atoms with Crippen LogP contribution in [0.15, 0.2) is 24.3 Å². The molecule has 1 aromatic carbocycles. The second-order valence-corrected chi connectivity index (χ2v) is 6.60. The van der Waals surface area contributed by atoms with Gasteiger partial charge in [0, 0.05) is 37.8 Å². The molecule has 1 aliphatic heterocycles. The maximum atomic E-state index is 13.1. The Bertz CT molecular complexity index is 596. The van der Waals surface area contributed by atoms with E-state index in [0.29, 0.717) is 25.3 Å². The molecule has 0 aliphatic carbocycles. The third-order valence-electron chi connectivity index (χ3n) is 4.40. The Hall–Kier alpha value is -2.15. The lowest BCUT2D eigenvalue weighted by Crippen LogP contribution is -2.47. The number of urea groups is 1. The van der Waals surface area contributed by atoms with Gasteiger partial charge in [0.05, 0.1) is 0 Å². The first kappa shape index (κ1) is 19.2. The zero-order valence-electron chi connectivity index (χ0n) is 14.8. The Kier molecular flexibility index (Phi) is 7.18. The number of hydrogen-bond donors (Lipinski definition) is 3. The maximum Gasteiger partial charge on any atom is 0.319 e. The quantitative estimate of drug-likeness (QED) is 0.735. The minimum atomic E-state index is -0.394. The van der Waals surface area contributed by atoms with Crippen molar-refractivity contribution in [2.75, 3.05) is 38.5 Å². The molecule has 1 fully saturated rings. The molecule has 1 heterocycles. The Morgan fingerprint density at radius 3 is 2.92 bits per heavy atom. The molecule has 0 spiro atoms. The summed E-state index contributed by atoms with van der Waals surface area (Å²) in [6.07, 6.45) is 1.92. The molecule has 3 amide bonds. The summed E-state index contributed by atoms with van der Waals surface area (Å²) in [5.74, 6) is -0.0519. The third-order valence-corrected chi connectivity index (χ3v) is 4.40. The zero-order chi connectivity index (χ0) is 18.2. The normalized spacial score (nSPS) is 18.5. The molecule has 0 bridgehead atoms. The average Bonchev–Trinajstić information content (AvgIpc) is 2.60. The molecule has 25 heavy (non-hydrogen) atoms. The molecule has 2 rings (SSSR count). The summed E-state index contributed by atoms with van der Waals surface area (Å²) in [6, 6.07) is 5.40. The molecule has 1 saturated heterocycles. The third kappa shape index (κ3) is 6.01. The van der Waals surface area contributed by atoms with E-state index in [-0.39, 0.29) is 23.8 Å². The highest BCUT2D eigenvalue weighted by atomic mass is 19.1. The van der Waals surface area contributed by atoms with Crippen LogP contribution in [0.1, 0.15) is 19.8 Å². The molecule has 2 atom stereocenters. The van der Waals surface area contributed by atoms with Gasteiger partial charge in [0.1, 0.15) is 5.82 Å². The Labute approximate surface area is 148 Å². The van der Waals surface area contributed by atoms with Gasteiger partial charge in [-0.3, -0.25) is 4.79 Å². The van der Waals surface area contributed by atoms with Crippen molar-refractivity contribution < 1.29 is 14.0 Å². The van der Waals surface area contributed by atoms with E-state index >= 15 is 0 Å². The number of amides is 3.